The zero-order chi connectivity index (χ0) is 20.1. The largest absolute Gasteiger partial charge is 0.416 e. The molecule has 1 heterocycles. The Labute approximate surface area is 158 Å². The summed E-state index contributed by atoms with van der Waals surface area (Å²) >= 11 is 0. The molecular weight excluding hydrogens is 369 g/mol. The number of aromatic nitrogens is 1. The van der Waals surface area contributed by atoms with Crippen molar-refractivity contribution >= 4 is 23.0 Å². The lowest BCUT2D eigenvalue weighted by Crippen LogP contribution is -2.13. The zero-order valence-corrected chi connectivity index (χ0v) is 14.3. The molecule has 0 aliphatic carbocycles. The van der Waals surface area contributed by atoms with Crippen molar-refractivity contribution in [1.29, 1.82) is 5.26 Å². The first kappa shape index (κ1) is 18.9. The molecule has 1 amide bonds. The van der Waals surface area contributed by atoms with E-state index in [4.69, 9.17) is 5.26 Å². The van der Waals surface area contributed by atoms with Crippen LogP contribution < -0.4 is 10.6 Å². The summed E-state index contributed by atoms with van der Waals surface area (Å²) in [6.45, 7) is 0. The van der Waals surface area contributed by atoms with Gasteiger partial charge in [0.05, 0.1) is 29.1 Å². The van der Waals surface area contributed by atoms with E-state index in [9.17, 15) is 18.0 Å². The maximum atomic E-state index is 12.6. The molecule has 0 bridgehead atoms. The number of carbonyl (C=O) groups is 1. The summed E-state index contributed by atoms with van der Waals surface area (Å²) in [5, 5.41) is 14.3. The molecule has 1 aromatic heterocycles. The number of benzene rings is 2. The highest BCUT2D eigenvalue weighted by atomic mass is 19.4. The number of nitrogens with zero attached hydrogens (tertiary/aromatic N) is 2. The van der Waals surface area contributed by atoms with Crippen molar-refractivity contribution in [3.8, 4) is 6.07 Å². The Balaban J connectivity index is 1.64. The number of alkyl halides is 3. The molecule has 28 heavy (non-hydrogen) atoms. The highest BCUT2D eigenvalue weighted by Gasteiger charge is 2.29. The van der Waals surface area contributed by atoms with E-state index in [1.807, 2.05) is 6.07 Å². The van der Waals surface area contributed by atoms with Crippen molar-refractivity contribution in [3.63, 3.8) is 0 Å². The minimum Gasteiger partial charge on any atom is -0.354 e. The maximum absolute atomic E-state index is 12.6. The van der Waals surface area contributed by atoms with Gasteiger partial charge in [-0.2, -0.15) is 18.4 Å². The number of anilines is 3. The van der Waals surface area contributed by atoms with Gasteiger partial charge in [-0.1, -0.05) is 0 Å². The SMILES string of the molecule is N#Cc1ccc(NC(=O)c2ccc(Nc3ccc(C(F)(F)F)cc3)cn2)cc1. The zero-order valence-electron chi connectivity index (χ0n) is 14.3. The first-order chi connectivity index (χ1) is 13.3. The van der Waals surface area contributed by atoms with Gasteiger partial charge in [0.15, 0.2) is 0 Å². The van der Waals surface area contributed by atoms with Gasteiger partial charge in [0, 0.05) is 11.4 Å². The number of hydrogen-bond donors (Lipinski definition) is 2. The summed E-state index contributed by atoms with van der Waals surface area (Å²) in [6.07, 6.45) is -2.98. The van der Waals surface area contributed by atoms with Gasteiger partial charge in [-0.3, -0.25) is 4.79 Å². The third-order valence-corrected chi connectivity index (χ3v) is 3.77. The predicted molar refractivity (Wildman–Crippen MR) is 98.1 cm³/mol. The van der Waals surface area contributed by atoms with Gasteiger partial charge >= 0.3 is 6.18 Å². The Morgan fingerprint density at radius 2 is 1.50 bits per heavy atom. The highest BCUT2D eigenvalue weighted by Crippen LogP contribution is 2.30. The van der Waals surface area contributed by atoms with Crippen LogP contribution in [0.25, 0.3) is 0 Å². The van der Waals surface area contributed by atoms with Crippen LogP contribution in [0.1, 0.15) is 21.6 Å². The molecule has 0 saturated carbocycles. The molecule has 5 nitrogen and oxygen atoms in total. The number of amides is 1. The molecule has 3 aromatic rings. The average Bonchev–Trinajstić information content (AvgIpc) is 2.69. The lowest BCUT2D eigenvalue weighted by molar-refractivity contribution is -0.137. The minimum absolute atomic E-state index is 0.169. The third-order valence-electron chi connectivity index (χ3n) is 3.77. The summed E-state index contributed by atoms with van der Waals surface area (Å²) < 4.78 is 37.7. The second-order valence-corrected chi connectivity index (χ2v) is 5.78. The summed E-state index contributed by atoms with van der Waals surface area (Å²) in [5.74, 6) is -0.425. The average molecular weight is 382 g/mol. The minimum atomic E-state index is -4.38. The van der Waals surface area contributed by atoms with Crippen LogP contribution in [0.4, 0.5) is 30.2 Å². The fourth-order valence-electron chi connectivity index (χ4n) is 2.33. The molecule has 3 rings (SSSR count). The fourth-order valence-corrected chi connectivity index (χ4v) is 2.33. The van der Waals surface area contributed by atoms with Crippen LogP contribution in [-0.4, -0.2) is 10.9 Å². The molecule has 0 unspecified atom stereocenters. The number of rotatable bonds is 4. The molecule has 2 N–H and O–H groups in total. The first-order valence-electron chi connectivity index (χ1n) is 8.07. The highest BCUT2D eigenvalue weighted by molar-refractivity contribution is 6.03. The topological polar surface area (TPSA) is 77.8 Å². The second-order valence-electron chi connectivity index (χ2n) is 5.78. The Kier molecular flexibility index (Phi) is 5.27. The molecule has 0 aliphatic heterocycles. The standard InChI is InChI=1S/C20H13F3N4O/c21-20(22,23)14-3-7-15(8-4-14)26-17-9-10-18(25-12-17)19(28)27-16-5-1-13(11-24)2-6-16/h1-10,12,26H,(H,27,28). The van der Waals surface area contributed by atoms with Crippen molar-refractivity contribution in [2.45, 2.75) is 6.18 Å². The fraction of sp³-hybridized carbons (Fsp3) is 0.0500. The van der Waals surface area contributed by atoms with Crippen LogP contribution >= 0.6 is 0 Å². The number of nitrogens with one attached hydrogen (secondary N) is 2. The summed E-state index contributed by atoms with van der Waals surface area (Å²) in [7, 11) is 0. The van der Waals surface area contributed by atoms with Crippen molar-refractivity contribution in [2.24, 2.45) is 0 Å². The number of pyridine rings is 1. The normalized spacial score (nSPS) is 10.8. The van der Waals surface area contributed by atoms with E-state index in [2.05, 4.69) is 15.6 Å². The Morgan fingerprint density at radius 3 is 2.04 bits per heavy atom. The molecular formula is C20H13F3N4O. The second kappa shape index (κ2) is 7.80. The third kappa shape index (κ3) is 4.65. The number of carbonyl (C=O) groups excluding carboxylic acids is 1. The van der Waals surface area contributed by atoms with Crippen LogP contribution in [0.3, 0.4) is 0 Å². The van der Waals surface area contributed by atoms with E-state index in [0.717, 1.165) is 12.1 Å². The van der Waals surface area contributed by atoms with Crippen molar-refractivity contribution < 1.29 is 18.0 Å². The lowest BCUT2D eigenvalue weighted by Gasteiger charge is -2.10. The smallest absolute Gasteiger partial charge is 0.354 e. The van der Waals surface area contributed by atoms with Crippen LogP contribution in [0.5, 0.6) is 0 Å². The maximum Gasteiger partial charge on any atom is 0.416 e. The molecule has 0 atom stereocenters. The van der Waals surface area contributed by atoms with Gasteiger partial charge in [-0.05, 0) is 60.7 Å². The van der Waals surface area contributed by atoms with Crippen LogP contribution in [0, 0.1) is 11.3 Å². The molecule has 0 spiro atoms. The van der Waals surface area contributed by atoms with Gasteiger partial charge in [-0.15, -0.1) is 0 Å². The molecule has 0 aliphatic rings. The summed E-state index contributed by atoms with van der Waals surface area (Å²) in [6, 6.07) is 16.0. The predicted octanol–water partition coefficient (Wildman–Crippen LogP) is 4.97. The Morgan fingerprint density at radius 1 is 0.893 bits per heavy atom. The van der Waals surface area contributed by atoms with Crippen LogP contribution in [-0.2, 0) is 6.18 Å². The van der Waals surface area contributed by atoms with E-state index >= 15 is 0 Å². The van der Waals surface area contributed by atoms with E-state index < -0.39 is 17.6 Å². The molecule has 0 radical (unpaired) electrons. The lowest BCUT2D eigenvalue weighted by atomic mass is 10.2. The van der Waals surface area contributed by atoms with Crippen molar-refractivity contribution in [3.05, 3.63) is 83.7 Å². The van der Waals surface area contributed by atoms with Gasteiger partial charge in [0.1, 0.15) is 5.69 Å². The summed E-state index contributed by atoms with van der Waals surface area (Å²) in [4.78, 5) is 16.3. The van der Waals surface area contributed by atoms with E-state index in [-0.39, 0.29) is 5.69 Å². The van der Waals surface area contributed by atoms with Gasteiger partial charge in [-0.25, -0.2) is 4.98 Å². The van der Waals surface area contributed by atoms with Gasteiger partial charge in [0.2, 0.25) is 0 Å². The van der Waals surface area contributed by atoms with Crippen molar-refractivity contribution in [1.82, 2.24) is 4.98 Å². The number of nitriles is 1. The Hall–Kier alpha value is -3.86. The van der Waals surface area contributed by atoms with Crippen molar-refractivity contribution in [2.75, 3.05) is 10.6 Å². The van der Waals surface area contributed by atoms with Crippen LogP contribution in [0.15, 0.2) is 66.9 Å². The van der Waals surface area contributed by atoms with Crippen LogP contribution in [0.2, 0.25) is 0 Å². The summed E-state index contributed by atoms with van der Waals surface area (Å²) in [5.41, 5.74) is 1.43. The van der Waals surface area contributed by atoms with E-state index in [1.165, 1.54) is 24.4 Å². The number of hydrogen-bond acceptors (Lipinski definition) is 4. The van der Waals surface area contributed by atoms with E-state index in [1.54, 1.807) is 30.3 Å². The quantitative estimate of drug-likeness (QED) is 0.668. The van der Waals surface area contributed by atoms with E-state index in [0.29, 0.717) is 22.6 Å². The van der Waals surface area contributed by atoms with Gasteiger partial charge in [0.25, 0.3) is 5.91 Å². The molecule has 140 valence electrons. The monoisotopic (exact) mass is 382 g/mol. The molecule has 0 saturated heterocycles. The molecule has 0 fully saturated rings. The Bertz CT molecular complexity index is 1010. The van der Waals surface area contributed by atoms with Gasteiger partial charge < -0.3 is 10.6 Å². The molecule has 2 aromatic carbocycles. The number of halogens is 3. The molecule has 8 heteroatoms. The first-order valence-corrected chi connectivity index (χ1v) is 8.07.